The number of ether oxygens (including phenoxy) is 1. The molecular formula is C9H11FN4O. The molecule has 0 spiro atoms. The van der Waals surface area contributed by atoms with Crippen LogP contribution in [0.4, 0.5) is 10.2 Å². The molecule has 0 bridgehead atoms. The number of hydrazone groups is 1. The van der Waals surface area contributed by atoms with Crippen LogP contribution < -0.4 is 10.2 Å². The number of hydrogen-bond acceptors (Lipinski definition) is 5. The van der Waals surface area contributed by atoms with E-state index in [-0.39, 0.29) is 11.8 Å². The van der Waals surface area contributed by atoms with E-state index in [9.17, 15) is 4.39 Å². The summed E-state index contributed by atoms with van der Waals surface area (Å²) in [5.41, 5.74) is 2.52. The predicted molar refractivity (Wildman–Crippen MR) is 53.4 cm³/mol. The summed E-state index contributed by atoms with van der Waals surface area (Å²) in [7, 11) is 1.42. The molecule has 0 atom stereocenters. The predicted octanol–water partition coefficient (Wildman–Crippen LogP) is 1.43. The van der Waals surface area contributed by atoms with E-state index in [4.69, 9.17) is 4.74 Å². The van der Waals surface area contributed by atoms with Crippen LogP contribution in [0, 0.1) is 11.7 Å². The molecule has 1 aromatic heterocycles. The van der Waals surface area contributed by atoms with Crippen molar-refractivity contribution in [2.45, 2.75) is 12.8 Å². The highest BCUT2D eigenvalue weighted by atomic mass is 19.1. The fourth-order valence-electron chi connectivity index (χ4n) is 0.977. The summed E-state index contributed by atoms with van der Waals surface area (Å²) in [6, 6.07) is 0.112. The summed E-state index contributed by atoms with van der Waals surface area (Å²) >= 11 is 0. The number of nitrogens with one attached hydrogen (secondary N) is 1. The van der Waals surface area contributed by atoms with Gasteiger partial charge in [0.1, 0.15) is 0 Å². The molecule has 0 radical (unpaired) electrons. The van der Waals surface area contributed by atoms with Crippen molar-refractivity contribution in [1.82, 2.24) is 9.97 Å². The second kappa shape index (κ2) is 4.20. The second-order valence-electron chi connectivity index (χ2n) is 3.28. The molecule has 0 aliphatic heterocycles. The van der Waals surface area contributed by atoms with Gasteiger partial charge < -0.3 is 4.74 Å². The zero-order valence-electron chi connectivity index (χ0n) is 8.27. The van der Waals surface area contributed by atoms with Crippen LogP contribution in [0.15, 0.2) is 11.3 Å². The van der Waals surface area contributed by atoms with Crippen LogP contribution in [0.2, 0.25) is 0 Å². The van der Waals surface area contributed by atoms with Gasteiger partial charge in [-0.25, -0.2) is 9.37 Å². The van der Waals surface area contributed by atoms with E-state index in [0.29, 0.717) is 5.92 Å². The van der Waals surface area contributed by atoms with Crippen LogP contribution in [-0.2, 0) is 0 Å². The Balaban J connectivity index is 2.04. The minimum atomic E-state index is -0.552. The Bertz CT molecular complexity index is 378. The molecule has 0 aromatic carbocycles. The van der Waals surface area contributed by atoms with E-state index in [2.05, 4.69) is 20.5 Å². The molecule has 1 fully saturated rings. The lowest BCUT2D eigenvalue weighted by Crippen LogP contribution is -2.00. The third kappa shape index (κ3) is 2.61. The van der Waals surface area contributed by atoms with Crippen LogP contribution in [0.25, 0.3) is 0 Å². The first-order valence-electron chi connectivity index (χ1n) is 4.65. The highest BCUT2D eigenvalue weighted by Crippen LogP contribution is 2.26. The van der Waals surface area contributed by atoms with Gasteiger partial charge in [0.05, 0.1) is 13.3 Å². The number of nitrogens with zero attached hydrogens (tertiary/aromatic N) is 3. The molecule has 1 saturated carbocycles. The second-order valence-corrected chi connectivity index (χ2v) is 3.28. The first-order valence-corrected chi connectivity index (χ1v) is 4.65. The van der Waals surface area contributed by atoms with Crippen molar-refractivity contribution in [2.24, 2.45) is 11.0 Å². The number of rotatable bonds is 4. The molecule has 1 aliphatic rings. The quantitative estimate of drug-likeness (QED) is 0.603. The molecule has 1 aromatic rings. The Morgan fingerprint density at radius 3 is 3.13 bits per heavy atom. The number of hydrogen-bond donors (Lipinski definition) is 1. The van der Waals surface area contributed by atoms with Gasteiger partial charge in [-0.15, -0.1) is 0 Å². The van der Waals surface area contributed by atoms with Gasteiger partial charge >= 0.3 is 6.01 Å². The zero-order valence-corrected chi connectivity index (χ0v) is 8.27. The summed E-state index contributed by atoms with van der Waals surface area (Å²) in [5.74, 6) is 0.00629. The van der Waals surface area contributed by atoms with Crippen molar-refractivity contribution in [2.75, 3.05) is 12.5 Å². The van der Waals surface area contributed by atoms with Crippen LogP contribution in [0.3, 0.4) is 0 Å². The molecule has 0 unspecified atom stereocenters. The Morgan fingerprint density at radius 1 is 1.67 bits per heavy atom. The van der Waals surface area contributed by atoms with Gasteiger partial charge in [0.2, 0.25) is 0 Å². The number of halogens is 1. The highest BCUT2D eigenvalue weighted by Gasteiger charge is 2.18. The Kier molecular flexibility index (Phi) is 2.75. The molecule has 1 heterocycles. The number of methoxy groups -OCH3 is 1. The van der Waals surface area contributed by atoms with Crippen molar-refractivity contribution in [1.29, 1.82) is 0 Å². The molecule has 80 valence electrons. The maximum absolute atomic E-state index is 13.1. The summed E-state index contributed by atoms with van der Waals surface area (Å²) < 4.78 is 17.9. The minimum Gasteiger partial charge on any atom is -0.467 e. The van der Waals surface area contributed by atoms with Gasteiger partial charge in [0.25, 0.3) is 0 Å². The third-order valence-electron chi connectivity index (χ3n) is 1.98. The Labute approximate surface area is 86.4 Å². The standard InChI is InChI=1S/C9H11FN4O/c1-15-9-11-5-7(10)8(13-9)14-12-4-6-2-3-6/h4-6H,2-3H2,1H3,(H,11,13,14)/b12-4+. The van der Waals surface area contributed by atoms with Crippen LogP contribution in [-0.4, -0.2) is 23.3 Å². The van der Waals surface area contributed by atoms with E-state index in [1.54, 1.807) is 6.21 Å². The van der Waals surface area contributed by atoms with Crippen molar-refractivity contribution >= 4 is 12.0 Å². The van der Waals surface area contributed by atoms with Crippen molar-refractivity contribution in [3.8, 4) is 6.01 Å². The molecule has 1 aliphatic carbocycles. The molecule has 5 nitrogen and oxygen atoms in total. The lowest BCUT2D eigenvalue weighted by Gasteiger charge is -2.02. The maximum Gasteiger partial charge on any atom is 0.318 e. The molecule has 1 N–H and O–H groups in total. The molecule has 0 saturated heterocycles. The van der Waals surface area contributed by atoms with Gasteiger partial charge in [0.15, 0.2) is 11.6 Å². The molecule has 6 heteroatoms. The van der Waals surface area contributed by atoms with E-state index in [1.165, 1.54) is 7.11 Å². The topological polar surface area (TPSA) is 59.4 Å². The SMILES string of the molecule is COc1ncc(F)c(N/N=C/C2CC2)n1. The minimum absolute atomic E-state index is 0.0266. The average Bonchev–Trinajstić information content (AvgIpc) is 3.05. The van der Waals surface area contributed by atoms with E-state index >= 15 is 0 Å². The fourth-order valence-corrected chi connectivity index (χ4v) is 0.977. The lowest BCUT2D eigenvalue weighted by atomic mass is 10.5. The van der Waals surface area contributed by atoms with E-state index < -0.39 is 5.82 Å². The van der Waals surface area contributed by atoms with Crippen molar-refractivity contribution in [3.63, 3.8) is 0 Å². The van der Waals surface area contributed by atoms with E-state index in [0.717, 1.165) is 19.0 Å². The van der Waals surface area contributed by atoms with Gasteiger partial charge in [-0.3, -0.25) is 5.43 Å². The Morgan fingerprint density at radius 2 is 2.47 bits per heavy atom. The summed E-state index contributed by atoms with van der Waals surface area (Å²) in [4.78, 5) is 7.39. The van der Waals surface area contributed by atoms with Crippen LogP contribution >= 0.6 is 0 Å². The first-order chi connectivity index (χ1) is 7.29. The molecule has 0 amide bonds. The maximum atomic E-state index is 13.1. The lowest BCUT2D eigenvalue weighted by molar-refractivity contribution is 0.377. The van der Waals surface area contributed by atoms with Crippen LogP contribution in [0.5, 0.6) is 6.01 Å². The molecule has 2 rings (SSSR count). The largest absolute Gasteiger partial charge is 0.467 e. The average molecular weight is 210 g/mol. The van der Waals surface area contributed by atoms with Crippen LogP contribution in [0.1, 0.15) is 12.8 Å². The van der Waals surface area contributed by atoms with Gasteiger partial charge in [-0.05, 0) is 18.8 Å². The first kappa shape index (κ1) is 9.82. The molecular weight excluding hydrogens is 199 g/mol. The third-order valence-corrected chi connectivity index (χ3v) is 1.98. The normalized spacial score (nSPS) is 15.6. The zero-order chi connectivity index (χ0) is 10.7. The smallest absolute Gasteiger partial charge is 0.318 e. The summed E-state index contributed by atoms with van der Waals surface area (Å²) in [5, 5.41) is 3.88. The number of anilines is 1. The fraction of sp³-hybridized carbons (Fsp3) is 0.444. The van der Waals surface area contributed by atoms with Gasteiger partial charge in [-0.2, -0.15) is 10.1 Å². The van der Waals surface area contributed by atoms with Gasteiger partial charge in [-0.1, -0.05) is 0 Å². The number of aromatic nitrogens is 2. The summed E-state index contributed by atoms with van der Waals surface area (Å²) in [6.07, 6.45) is 5.11. The van der Waals surface area contributed by atoms with Crippen molar-refractivity contribution < 1.29 is 9.13 Å². The monoisotopic (exact) mass is 210 g/mol. The summed E-state index contributed by atoms with van der Waals surface area (Å²) in [6.45, 7) is 0. The van der Waals surface area contributed by atoms with Crippen molar-refractivity contribution in [3.05, 3.63) is 12.0 Å². The Hall–Kier alpha value is -1.72. The molecule has 15 heavy (non-hydrogen) atoms. The highest BCUT2D eigenvalue weighted by molar-refractivity contribution is 5.64. The van der Waals surface area contributed by atoms with E-state index in [1.807, 2.05) is 0 Å². The van der Waals surface area contributed by atoms with Gasteiger partial charge in [0, 0.05) is 6.21 Å².